The smallest absolute Gasteiger partial charge is 0.153 e. The minimum absolute atomic E-state index is 0.355. The Hall–Kier alpha value is -1.81. The van der Waals surface area contributed by atoms with Crippen molar-refractivity contribution < 1.29 is 14.3 Å². The summed E-state index contributed by atoms with van der Waals surface area (Å²) in [6, 6.07) is 9.61. The predicted molar refractivity (Wildman–Crippen MR) is 86.3 cm³/mol. The maximum Gasteiger partial charge on any atom is 0.153 e. The molecule has 0 radical (unpaired) electrons. The lowest BCUT2D eigenvalue weighted by Crippen LogP contribution is -2.02. The molecule has 0 aliphatic rings. The van der Waals surface area contributed by atoms with Crippen molar-refractivity contribution in [3.05, 3.63) is 57.1 Å². The van der Waals surface area contributed by atoms with E-state index < -0.39 is 0 Å². The summed E-state index contributed by atoms with van der Waals surface area (Å²) in [5, 5.41) is 0. The number of hydrogen-bond donors (Lipinski definition) is 0. The van der Waals surface area contributed by atoms with Gasteiger partial charge in [0.05, 0.1) is 12.7 Å². The molecule has 4 heteroatoms. The summed E-state index contributed by atoms with van der Waals surface area (Å²) in [7, 11) is 1.63. The van der Waals surface area contributed by atoms with Gasteiger partial charge in [-0.2, -0.15) is 0 Å². The Morgan fingerprint density at radius 2 is 1.95 bits per heavy atom. The van der Waals surface area contributed by atoms with Gasteiger partial charge in [-0.3, -0.25) is 4.79 Å². The molecule has 0 N–H and O–H groups in total. The van der Waals surface area contributed by atoms with Crippen LogP contribution in [-0.2, 0) is 6.61 Å². The van der Waals surface area contributed by atoms with Gasteiger partial charge in [0.15, 0.2) is 6.29 Å². The second-order valence-corrected chi connectivity index (χ2v) is 5.78. The minimum Gasteiger partial charge on any atom is -0.496 e. The lowest BCUT2D eigenvalue weighted by Gasteiger charge is -2.14. The van der Waals surface area contributed by atoms with Crippen LogP contribution in [0, 0.1) is 13.8 Å². The van der Waals surface area contributed by atoms with Crippen LogP contribution in [-0.4, -0.2) is 13.4 Å². The molecule has 0 aromatic heterocycles. The zero-order valence-electron chi connectivity index (χ0n) is 12.3. The zero-order valence-corrected chi connectivity index (χ0v) is 13.9. The highest BCUT2D eigenvalue weighted by Gasteiger charge is 2.10. The number of aldehydes is 1. The van der Waals surface area contributed by atoms with Gasteiger partial charge in [-0.25, -0.2) is 0 Å². The quantitative estimate of drug-likeness (QED) is 0.748. The van der Waals surface area contributed by atoms with E-state index in [0.29, 0.717) is 17.9 Å². The van der Waals surface area contributed by atoms with Gasteiger partial charge in [0.25, 0.3) is 0 Å². The highest BCUT2D eigenvalue weighted by molar-refractivity contribution is 9.10. The van der Waals surface area contributed by atoms with Crippen molar-refractivity contribution in [1.29, 1.82) is 0 Å². The van der Waals surface area contributed by atoms with Crippen molar-refractivity contribution in [3.63, 3.8) is 0 Å². The first-order chi connectivity index (χ1) is 10.0. The van der Waals surface area contributed by atoms with Gasteiger partial charge >= 0.3 is 0 Å². The molecule has 2 aromatic carbocycles. The number of halogens is 1. The van der Waals surface area contributed by atoms with E-state index in [4.69, 9.17) is 9.47 Å². The van der Waals surface area contributed by atoms with Crippen molar-refractivity contribution in [2.75, 3.05) is 7.11 Å². The molecule has 0 fully saturated rings. The number of benzene rings is 2. The van der Waals surface area contributed by atoms with E-state index in [1.165, 1.54) is 0 Å². The molecule has 0 unspecified atom stereocenters. The second-order valence-electron chi connectivity index (χ2n) is 4.86. The molecule has 3 nitrogen and oxygen atoms in total. The molecule has 0 bridgehead atoms. The molecule has 0 atom stereocenters. The minimum atomic E-state index is 0.355. The number of aryl methyl sites for hydroxylation is 2. The Balaban J connectivity index is 2.28. The molecule has 0 spiro atoms. The van der Waals surface area contributed by atoms with Gasteiger partial charge in [-0.1, -0.05) is 27.6 Å². The number of carbonyl (C=O) groups is 1. The lowest BCUT2D eigenvalue weighted by atomic mass is 10.1. The number of carbonyl (C=O) groups excluding carboxylic acids is 1. The third kappa shape index (κ3) is 3.64. The van der Waals surface area contributed by atoms with E-state index in [1.54, 1.807) is 13.2 Å². The zero-order chi connectivity index (χ0) is 15.4. The maximum absolute atomic E-state index is 11.2. The first kappa shape index (κ1) is 15.6. The van der Waals surface area contributed by atoms with Crippen molar-refractivity contribution in [2.24, 2.45) is 0 Å². The lowest BCUT2D eigenvalue weighted by molar-refractivity contribution is 0.111. The standard InChI is InChI=1S/C17H17BrO3/c1-11-4-5-16(20-3)14(6-11)10-21-17-12(2)7-15(18)8-13(17)9-19/h4-9H,10H2,1-3H3. The Kier molecular flexibility index (Phi) is 5.02. The molecule has 0 saturated carbocycles. The monoisotopic (exact) mass is 348 g/mol. The van der Waals surface area contributed by atoms with Gasteiger partial charge in [-0.05, 0) is 43.7 Å². The normalized spacial score (nSPS) is 10.3. The fourth-order valence-electron chi connectivity index (χ4n) is 2.21. The van der Waals surface area contributed by atoms with E-state index in [0.717, 1.165) is 33.2 Å². The summed E-state index contributed by atoms with van der Waals surface area (Å²) < 4.78 is 12.1. The molecule has 0 aliphatic carbocycles. The van der Waals surface area contributed by atoms with Crippen LogP contribution in [0.15, 0.2) is 34.8 Å². The highest BCUT2D eigenvalue weighted by Crippen LogP contribution is 2.29. The summed E-state index contributed by atoms with van der Waals surface area (Å²) in [4.78, 5) is 11.2. The van der Waals surface area contributed by atoms with E-state index >= 15 is 0 Å². The average molecular weight is 349 g/mol. The fraction of sp³-hybridized carbons (Fsp3) is 0.235. The third-order valence-electron chi connectivity index (χ3n) is 3.20. The topological polar surface area (TPSA) is 35.5 Å². The van der Waals surface area contributed by atoms with Crippen LogP contribution in [0.5, 0.6) is 11.5 Å². The van der Waals surface area contributed by atoms with Crippen molar-refractivity contribution in [2.45, 2.75) is 20.5 Å². The van der Waals surface area contributed by atoms with E-state index in [2.05, 4.69) is 15.9 Å². The first-order valence-electron chi connectivity index (χ1n) is 6.56. The molecule has 0 aliphatic heterocycles. The third-order valence-corrected chi connectivity index (χ3v) is 3.66. The molecule has 0 saturated heterocycles. The Morgan fingerprint density at radius 1 is 1.19 bits per heavy atom. The molecule has 2 aromatic rings. The fourth-order valence-corrected chi connectivity index (χ4v) is 2.80. The second kappa shape index (κ2) is 6.76. The van der Waals surface area contributed by atoms with Crippen LogP contribution in [0.2, 0.25) is 0 Å². The molecule has 0 heterocycles. The van der Waals surface area contributed by atoms with Crippen molar-refractivity contribution in [1.82, 2.24) is 0 Å². The van der Waals surface area contributed by atoms with Gasteiger partial charge in [0.1, 0.15) is 18.1 Å². The molecule has 0 amide bonds. The first-order valence-corrected chi connectivity index (χ1v) is 7.36. The van der Waals surface area contributed by atoms with E-state index in [-0.39, 0.29) is 0 Å². The van der Waals surface area contributed by atoms with Gasteiger partial charge in [0, 0.05) is 10.0 Å². The Labute approximate surface area is 133 Å². The van der Waals surface area contributed by atoms with Gasteiger partial charge in [0.2, 0.25) is 0 Å². The summed E-state index contributed by atoms with van der Waals surface area (Å²) in [5.41, 5.74) is 3.54. The summed E-state index contributed by atoms with van der Waals surface area (Å²) in [6.07, 6.45) is 0.806. The summed E-state index contributed by atoms with van der Waals surface area (Å²) in [6.45, 7) is 4.29. The molecule has 21 heavy (non-hydrogen) atoms. The van der Waals surface area contributed by atoms with Crippen LogP contribution in [0.25, 0.3) is 0 Å². The molecule has 110 valence electrons. The number of rotatable bonds is 5. The summed E-state index contributed by atoms with van der Waals surface area (Å²) >= 11 is 3.38. The van der Waals surface area contributed by atoms with Crippen LogP contribution < -0.4 is 9.47 Å². The van der Waals surface area contributed by atoms with Crippen LogP contribution >= 0.6 is 15.9 Å². The summed E-state index contributed by atoms with van der Waals surface area (Å²) in [5.74, 6) is 1.39. The number of methoxy groups -OCH3 is 1. The van der Waals surface area contributed by atoms with Crippen LogP contribution in [0.1, 0.15) is 27.0 Å². The number of ether oxygens (including phenoxy) is 2. The largest absolute Gasteiger partial charge is 0.496 e. The Bertz CT molecular complexity index is 665. The van der Waals surface area contributed by atoms with E-state index in [9.17, 15) is 4.79 Å². The van der Waals surface area contributed by atoms with Crippen LogP contribution in [0.4, 0.5) is 0 Å². The molecular formula is C17H17BrO3. The van der Waals surface area contributed by atoms with Crippen molar-refractivity contribution >= 4 is 22.2 Å². The molecule has 2 rings (SSSR count). The predicted octanol–water partition coefficient (Wildman–Crippen LogP) is 4.47. The van der Waals surface area contributed by atoms with Gasteiger partial charge < -0.3 is 9.47 Å². The maximum atomic E-state index is 11.2. The Morgan fingerprint density at radius 3 is 2.62 bits per heavy atom. The van der Waals surface area contributed by atoms with E-state index in [1.807, 2.05) is 38.1 Å². The number of hydrogen-bond acceptors (Lipinski definition) is 3. The van der Waals surface area contributed by atoms with Crippen molar-refractivity contribution in [3.8, 4) is 11.5 Å². The van der Waals surface area contributed by atoms with Crippen LogP contribution in [0.3, 0.4) is 0 Å². The SMILES string of the molecule is COc1ccc(C)cc1COc1c(C)cc(Br)cc1C=O. The average Bonchev–Trinajstić information content (AvgIpc) is 2.45. The van der Waals surface area contributed by atoms with Gasteiger partial charge in [-0.15, -0.1) is 0 Å². The highest BCUT2D eigenvalue weighted by atomic mass is 79.9. The molecular weight excluding hydrogens is 332 g/mol.